The molecule has 2 aliphatic heterocycles. The lowest BCUT2D eigenvalue weighted by atomic mass is 9.91. The summed E-state index contributed by atoms with van der Waals surface area (Å²) in [7, 11) is 0. The maximum atomic E-state index is 12.7. The van der Waals surface area contributed by atoms with Gasteiger partial charge in [0.15, 0.2) is 0 Å². The molecule has 3 heterocycles. The summed E-state index contributed by atoms with van der Waals surface area (Å²) >= 11 is 1.33. The van der Waals surface area contributed by atoms with Crippen LogP contribution in [0.2, 0.25) is 0 Å². The van der Waals surface area contributed by atoms with Gasteiger partial charge in [-0.25, -0.2) is 0 Å². The monoisotopic (exact) mass is 317 g/mol. The van der Waals surface area contributed by atoms with Crippen molar-refractivity contribution >= 4 is 34.1 Å². The van der Waals surface area contributed by atoms with Crippen molar-refractivity contribution in [3.05, 3.63) is 29.4 Å². The van der Waals surface area contributed by atoms with Crippen molar-refractivity contribution in [1.29, 1.82) is 0 Å². The fraction of sp³-hybridized carbons (Fsp3) is 0.357. The number of aryl methyl sites for hydroxylation is 1. The minimum atomic E-state index is -1.03. The highest BCUT2D eigenvalue weighted by Crippen LogP contribution is 2.29. The molecule has 0 saturated carbocycles. The Labute approximate surface area is 131 Å². The zero-order chi connectivity index (χ0) is 15.7. The molecule has 22 heavy (non-hydrogen) atoms. The van der Waals surface area contributed by atoms with Crippen LogP contribution in [0, 0.1) is 0 Å². The number of rotatable bonds is 3. The van der Waals surface area contributed by atoms with E-state index in [0.717, 1.165) is 11.4 Å². The van der Waals surface area contributed by atoms with Gasteiger partial charge in [0.1, 0.15) is 16.4 Å². The van der Waals surface area contributed by atoms with Gasteiger partial charge in [0.05, 0.1) is 6.42 Å². The molecular weight excluding hydrogens is 302 g/mol. The van der Waals surface area contributed by atoms with Crippen molar-refractivity contribution in [3.63, 3.8) is 0 Å². The van der Waals surface area contributed by atoms with Gasteiger partial charge >= 0.3 is 0 Å². The largest absolute Gasteiger partial charge is 0.317 e. The Bertz CT molecular complexity index is 721. The smallest absolute Gasteiger partial charge is 0.252 e. The number of hydrogen-bond acceptors (Lipinski definition) is 6. The van der Waals surface area contributed by atoms with Crippen LogP contribution in [0.1, 0.15) is 25.3 Å². The number of allylic oxidation sites excluding steroid dienone is 2. The average Bonchev–Trinajstić information content (AvgIpc) is 2.94. The van der Waals surface area contributed by atoms with Gasteiger partial charge in [-0.1, -0.05) is 24.3 Å². The number of amidine groups is 1. The summed E-state index contributed by atoms with van der Waals surface area (Å²) < 4.78 is 0. The minimum absolute atomic E-state index is 0.0138. The summed E-state index contributed by atoms with van der Waals surface area (Å²) in [5.74, 6) is -0.134. The third-order valence-corrected chi connectivity index (χ3v) is 4.57. The standard InChI is InChI=1S/C14H15N5O2S/c1-3-11-17-18-13(22-11)16-12(21)14(2)8-10(20)15-9-6-4-5-7-19(9)14/h4-7H,3,8H2,1-2H3,(H,16,18,21). The molecular formula is C14H15N5O2S. The lowest BCUT2D eigenvalue weighted by molar-refractivity contribution is -0.130. The van der Waals surface area contributed by atoms with Crippen LogP contribution in [-0.4, -0.2) is 38.3 Å². The molecule has 0 aliphatic carbocycles. The van der Waals surface area contributed by atoms with Crippen molar-refractivity contribution in [2.75, 3.05) is 5.32 Å². The molecule has 1 aromatic rings. The first-order valence-corrected chi connectivity index (χ1v) is 7.74. The molecule has 7 nitrogen and oxygen atoms in total. The van der Waals surface area contributed by atoms with Gasteiger partial charge in [-0.15, -0.1) is 10.2 Å². The molecule has 1 N–H and O–H groups in total. The second-order valence-corrected chi connectivity index (χ2v) is 6.26. The van der Waals surface area contributed by atoms with Gasteiger partial charge in [0, 0.05) is 6.20 Å². The molecule has 0 fully saturated rings. The fourth-order valence-corrected chi connectivity index (χ4v) is 3.03. The van der Waals surface area contributed by atoms with E-state index in [1.54, 1.807) is 36.3 Å². The first-order chi connectivity index (χ1) is 10.5. The first-order valence-electron chi connectivity index (χ1n) is 6.92. The predicted molar refractivity (Wildman–Crippen MR) is 83.5 cm³/mol. The highest BCUT2D eigenvalue weighted by Gasteiger charge is 2.45. The van der Waals surface area contributed by atoms with E-state index in [1.165, 1.54) is 11.3 Å². The number of aromatic nitrogens is 2. The number of anilines is 1. The molecule has 0 bridgehead atoms. The van der Waals surface area contributed by atoms with E-state index in [9.17, 15) is 9.59 Å². The van der Waals surface area contributed by atoms with Crippen LogP contribution in [0.3, 0.4) is 0 Å². The summed E-state index contributed by atoms with van der Waals surface area (Å²) in [4.78, 5) is 30.3. The van der Waals surface area contributed by atoms with Crippen LogP contribution in [0.5, 0.6) is 0 Å². The van der Waals surface area contributed by atoms with E-state index in [0.29, 0.717) is 11.0 Å². The second kappa shape index (κ2) is 5.45. The summed E-state index contributed by atoms with van der Waals surface area (Å²) in [6.07, 6.45) is 7.83. The Morgan fingerprint density at radius 1 is 1.45 bits per heavy atom. The van der Waals surface area contributed by atoms with Gasteiger partial charge in [-0.3, -0.25) is 14.9 Å². The number of fused-ring (bicyclic) bond motifs is 1. The third kappa shape index (κ3) is 2.45. The summed E-state index contributed by atoms with van der Waals surface area (Å²) in [5.41, 5.74) is -1.03. The van der Waals surface area contributed by atoms with Crippen LogP contribution in [0.15, 0.2) is 29.4 Å². The highest BCUT2D eigenvalue weighted by atomic mass is 32.1. The van der Waals surface area contributed by atoms with E-state index in [1.807, 2.05) is 6.92 Å². The van der Waals surface area contributed by atoms with Gasteiger partial charge in [-0.05, 0) is 25.5 Å². The highest BCUT2D eigenvalue weighted by molar-refractivity contribution is 7.15. The zero-order valence-electron chi connectivity index (χ0n) is 12.2. The number of carbonyl (C=O) groups is 2. The number of nitrogens with one attached hydrogen (secondary N) is 1. The van der Waals surface area contributed by atoms with Gasteiger partial charge in [0.2, 0.25) is 5.13 Å². The van der Waals surface area contributed by atoms with Crippen LogP contribution >= 0.6 is 11.3 Å². The van der Waals surface area contributed by atoms with Gasteiger partial charge < -0.3 is 4.90 Å². The van der Waals surface area contributed by atoms with Gasteiger partial charge in [-0.2, -0.15) is 4.99 Å². The van der Waals surface area contributed by atoms with E-state index in [2.05, 4.69) is 20.5 Å². The normalized spacial score (nSPS) is 23.3. The predicted octanol–water partition coefficient (Wildman–Crippen LogP) is 1.51. The van der Waals surface area contributed by atoms with Crippen molar-refractivity contribution in [3.8, 4) is 0 Å². The lowest BCUT2D eigenvalue weighted by Crippen LogP contribution is -2.58. The first kappa shape index (κ1) is 14.6. The van der Waals surface area contributed by atoms with Crippen molar-refractivity contribution in [2.45, 2.75) is 32.2 Å². The Kier molecular flexibility index (Phi) is 3.61. The molecule has 2 aliphatic rings. The molecule has 1 atom stereocenters. The molecule has 1 unspecified atom stereocenters. The SMILES string of the molecule is CCc1nnc(NC(=O)C2(C)CC(=O)N=C3C=CC=CN32)s1. The minimum Gasteiger partial charge on any atom is -0.317 e. The molecule has 0 saturated heterocycles. The molecule has 2 amide bonds. The van der Waals surface area contributed by atoms with E-state index >= 15 is 0 Å². The Morgan fingerprint density at radius 2 is 2.27 bits per heavy atom. The number of aliphatic imine (C=N–C) groups is 1. The van der Waals surface area contributed by atoms with Crippen LogP contribution < -0.4 is 5.32 Å². The molecule has 8 heteroatoms. The summed E-state index contributed by atoms with van der Waals surface area (Å²) in [6, 6.07) is 0. The average molecular weight is 317 g/mol. The molecule has 114 valence electrons. The van der Waals surface area contributed by atoms with E-state index < -0.39 is 5.54 Å². The molecule has 1 aromatic heterocycles. The second-order valence-electron chi connectivity index (χ2n) is 5.19. The lowest BCUT2D eigenvalue weighted by Gasteiger charge is -2.41. The molecule has 0 radical (unpaired) electrons. The number of hydrogen-bond donors (Lipinski definition) is 1. The maximum Gasteiger partial charge on any atom is 0.252 e. The Hall–Kier alpha value is -2.35. The topological polar surface area (TPSA) is 87.5 Å². The van der Waals surface area contributed by atoms with Crippen molar-refractivity contribution in [2.24, 2.45) is 4.99 Å². The number of nitrogens with zero attached hydrogens (tertiary/aromatic N) is 4. The third-order valence-electron chi connectivity index (χ3n) is 3.58. The van der Waals surface area contributed by atoms with E-state index in [-0.39, 0.29) is 18.2 Å². The summed E-state index contributed by atoms with van der Waals surface area (Å²) in [6.45, 7) is 3.70. The quantitative estimate of drug-likeness (QED) is 0.913. The van der Waals surface area contributed by atoms with E-state index in [4.69, 9.17) is 0 Å². The van der Waals surface area contributed by atoms with Crippen molar-refractivity contribution < 1.29 is 9.59 Å². The van der Waals surface area contributed by atoms with Crippen molar-refractivity contribution in [1.82, 2.24) is 15.1 Å². The van der Waals surface area contributed by atoms with Gasteiger partial charge in [0.25, 0.3) is 11.8 Å². The molecule has 3 rings (SSSR count). The Balaban J connectivity index is 1.86. The zero-order valence-corrected chi connectivity index (χ0v) is 13.1. The van der Waals surface area contributed by atoms with Crippen LogP contribution in [0.4, 0.5) is 5.13 Å². The molecule has 0 spiro atoms. The maximum absolute atomic E-state index is 12.7. The number of amides is 2. The van der Waals surface area contributed by atoms with Crippen LogP contribution in [0.25, 0.3) is 0 Å². The molecule has 0 aromatic carbocycles. The Morgan fingerprint density at radius 3 is 3.00 bits per heavy atom. The fourth-order valence-electron chi connectivity index (χ4n) is 2.36. The number of carbonyl (C=O) groups excluding carboxylic acids is 2. The summed E-state index contributed by atoms with van der Waals surface area (Å²) in [5, 5.41) is 12.0. The van der Waals surface area contributed by atoms with Crippen LogP contribution in [-0.2, 0) is 16.0 Å².